The van der Waals surface area contributed by atoms with Crippen LogP contribution in [0.4, 0.5) is 5.69 Å². The first-order valence-electron chi connectivity index (χ1n) is 7.92. The molecule has 2 amide bonds. The number of benzene rings is 2. The highest BCUT2D eigenvalue weighted by molar-refractivity contribution is 6.34. The second kappa shape index (κ2) is 8.49. The first kappa shape index (κ1) is 19.5. The van der Waals surface area contributed by atoms with E-state index in [1.54, 1.807) is 18.2 Å². The van der Waals surface area contributed by atoms with Gasteiger partial charge >= 0.3 is 5.97 Å². The zero-order valence-electron chi connectivity index (χ0n) is 14.6. The molecule has 7 heteroatoms. The van der Waals surface area contributed by atoms with Gasteiger partial charge in [0.1, 0.15) is 0 Å². The van der Waals surface area contributed by atoms with Crippen molar-refractivity contribution >= 4 is 35.1 Å². The van der Waals surface area contributed by atoms with Crippen molar-refractivity contribution in [1.29, 1.82) is 0 Å². The maximum absolute atomic E-state index is 12.5. The molecule has 6 nitrogen and oxygen atoms in total. The van der Waals surface area contributed by atoms with E-state index >= 15 is 0 Å². The van der Waals surface area contributed by atoms with Crippen LogP contribution in [0.1, 0.15) is 44.9 Å². The van der Waals surface area contributed by atoms with Crippen molar-refractivity contribution in [2.45, 2.75) is 19.9 Å². The molecule has 0 spiro atoms. The Morgan fingerprint density at radius 2 is 1.62 bits per heavy atom. The van der Waals surface area contributed by atoms with E-state index in [-0.39, 0.29) is 28.2 Å². The Kier molecular flexibility index (Phi) is 6.36. The molecule has 0 unspecified atom stereocenters. The Balaban J connectivity index is 2.23. The molecule has 26 heavy (non-hydrogen) atoms. The molecule has 2 N–H and O–H groups in total. The van der Waals surface area contributed by atoms with Crippen LogP contribution in [-0.4, -0.2) is 30.9 Å². The molecular formula is C19H19ClN2O4. The third-order valence-electron chi connectivity index (χ3n) is 3.44. The SMILES string of the molecule is COC(=O)c1ccc(Cl)c(NC(=O)c2cccc(C(=O)NC(C)C)c2)c1. The Bertz CT molecular complexity index is 849. The summed E-state index contributed by atoms with van der Waals surface area (Å²) in [5.41, 5.74) is 1.20. The third-order valence-corrected chi connectivity index (χ3v) is 3.77. The molecule has 0 radical (unpaired) electrons. The molecule has 2 aromatic rings. The summed E-state index contributed by atoms with van der Waals surface area (Å²) in [5.74, 6) is -1.25. The van der Waals surface area contributed by atoms with Gasteiger partial charge in [-0.15, -0.1) is 0 Å². The lowest BCUT2D eigenvalue weighted by molar-refractivity contribution is 0.0600. The fourth-order valence-electron chi connectivity index (χ4n) is 2.21. The van der Waals surface area contributed by atoms with Crippen LogP contribution in [0.15, 0.2) is 42.5 Å². The molecular weight excluding hydrogens is 356 g/mol. The average molecular weight is 375 g/mol. The Morgan fingerprint density at radius 1 is 0.962 bits per heavy atom. The van der Waals surface area contributed by atoms with Crippen molar-refractivity contribution < 1.29 is 19.1 Å². The van der Waals surface area contributed by atoms with Crippen molar-refractivity contribution in [3.05, 3.63) is 64.2 Å². The minimum absolute atomic E-state index is 0.0140. The van der Waals surface area contributed by atoms with Crippen molar-refractivity contribution in [3.8, 4) is 0 Å². The van der Waals surface area contributed by atoms with Crippen molar-refractivity contribution in [1.82, 2.24) is 5.32 Å². The lowest BCUT2D eigenvalue weighted by atomic mass is 10.1. The highest BCUT2D eigenvalue weighted by Gasteiger charge is 2.14. The summed E-state index contributed by atoms with van der Waals surface area (Å²) in [6.07, 6.45) is 0. The van der Waals surface area contributed by atoms with Gasteiger partial charge in [0, 0.05) is 17.2 Å². The van der Waals surface area contributed by atoms with Gasteiger partial charge < -0.3 is 15.4 Å². The Hall–Kier alpha value is -2.86. The maximum atomic E-state index is 12.5. The van der Waals surface area contributed by atoms with Crippen LogP contribution in [-0.2, 0) is 4.74 Å². The van der Waals surface area contributed by atoms with Gasteiger partial charge in [0.05, 0.1) is 23.4 Å². The minimum Gasteiger partial charge on any atom is -0.465 e. The van der Waals surface area contributed by atoms with E-state index < -0.39 is 11.9 Å². The summed E-state index contributed by atoms with van der Waals surface area (Å²) in [6.45, 7) is 3.70. The number of amides is 2. The number of ether oxygens (including phenoxy) is 1. The van der Waals surface area contributed by atoms with Gasteiger partial charge in [-0.25, -0.2) is 4.79 Å². The number of carbonyl (C=O) groups is 3. The number of methoxy groups -OCH3 is 1. The quantitative estimate of drug-likeness (QED) is 0.784. The van der Waals surface area contributed by atoms with Gasteiger partial charge in [-0.05, 0) is 50.2 Å². The fourth-order valence-corrected chi connectivity index (χ4v) is 2.37. The van der Waals surface area contributed by atoms with E-state index in [9.17, 15) is 14.4 Å². The van der Waals surface area contributed by atoms with E-state index in [4.69, 9.17) is 11.6 Å². The number of carbonyl (C=O) groups excluding carboxylic acids is 3. The lowest BCUT2D eigenvalue weighted by Crippen LogP contribution is -2.30. The largest absolute Gasteiger partial charge is 0.465 e. The number of halogens is 1. The highest BCUT2D eigenvalue weighted by Crippen LogP contribution is 2.24. The summed E-state index contributed by atoms with van der Waals surface area (Å²) in [6, 6.07) is 10.7. The summed E-state index contributed by atoms with van der Waals surface area (Å²) in [5, 5.41) is 5.69. The first-order chi connectivity index (χ1) is 12.3. The molecule has 0 aliphatic carbocycles. The highest BCUT2D eigenvalue weighted by atomic mass is 35.5. The van der Waals surface area contributed by atoms with Crippen LogP contribution in [0.25, 0.3) is 0 Å². The summed E-state index contributed by atoms with van der Waals surface area (Å²) in [4.78, 5) is 36.2. The lowest BCUT2D eigenvalue weighted by Gasteiger charge is -2.11. The summed E-state index contributed by atoms with van der Waals surface area (Å²) in [7, 11) is 1.27. The predicted molar refractivity (Wildman–Crippen MR) is 99.8 cm³/mol. The summed E-state index contributed by atoms with van der Waals surface area (Å²) < 4.78 is 4.66. The van der Waals surface area contributed by atoms with Gasteiger partial charge in [0.15, 0.2) is 0 Å². The standard InChI is InChI=1S/C19H19ClN2O4/c1-11(2)21-17(23)12-5-4-6-13(9-12)18(24)22-16-10-14(19(25)26-3)7-8-15(16)20/h4-11H,1-3H3,(H,21,23)(H,22,24). The molecule has 0 heterocycles. The van der Waals surface area contributed by atoms with Crippen LogP contribution in [0.5, 0.6) is 0 Å². The summed E-state index contributed by atoms with van der Waals surface area (Å²) >= 11 is 6.08. The molecule has 0 bridgehead atoms. The molecule has 0 aromatic heterocycles. The first-order valence-corrected chi connectivity index (χ1v) is 8.29. The molecule has 0 saturated carbocycles. The van der Waals surface area contributed by atoms with Gasteiger partial charge in [-0.2, -0.15) is 0 Å². The zero-order chi connectivity index (χ0) is 19.3. The number of nitrogens with one attached hydrogen (secondary N) is 2. The van der Waals surface area contributed by atoms with Crippen LogP contribution in [0.3, 0.4) is 0 Å². The predicted octanol–water partition coefficient (Wildman–Crippen LogP) is 3.52. The number of rotatable bonds is 5. The molecule has 2 rings (SSSR count). The smallest absolute Gasteiger partial charge is 0.337 e. The average Bonchev–Trinajstić information content (AvgIpc) is 2.62. The molecule has 136 valence electrons. The van der Waals surface area contributed by atoms with Gasteiger partial charge in [0.25, 0.3) is 11.8 Å². The van der Waals surface area contributed by atoms with Gasteiger partial charge in [-0.3, -0.25) is 9.59 Å². The molecule has 0 fully saturated rings. The van der Waals surface area contributed by atoms with Gasteiger partial charge in [-0.1, -0.05) is 17.7 Å². The molecule has 0 aliphatic heterocycles. The minimum atomic E-state index is -0.537. The fraction of sp³-hybridized carbons (Fsp3) is 0.211. The van der Waals surface area contributed by atoms with E-state index in [1.807, 2.05) is 13.8 Å². The zero-order valence-corrected chi connectivity index (χ0v) is 15.4. The Labute approximate surface area is 156 Å². The van der Waals surface area contributed by atoms with E-state index in [0.717, 1.165) is 0 Å². The molecule has 0 atom stereocenters. The van der Waals surface area contributed by atoms with E-state index in [1.165, 1.54) is 31.4 Å². The monoisotopic (exact) mass is 374 g/mol. The molecule has 0 saturated heterocycles. The van der Waals surface area contributed by atoms with Crippen LogP contribution >= 0.6 is 11.6 Å². The molecule has 2 aromatic carbocycles. The number of hydrogen-bond acceptors (Lipinski definition) is 4. The van der Waals surface area contributed by atoms with Crippen molar-refractivity contribution in [2.75, 3.05) is 12.4 Å². The number of esters is 1. The topological polar surface area (TPSA) is 84.5 Å². The van der Waals surface area contributed by atoms with Crippen molar-refractivity contribution in [3.63, 3.8) is 0 Å². The molecule has 0 aliphatic rings. The number of hydrogen-bond donors (Lipinski definition) is 2. The second-order valence-corrected chi connectivity index (χ2v) is 6.26. The van der Waals surface area contributed by atoms with Crippen LogP contribution in [0.2, 0.25) is 5.02 Å². The van der Waals surface area contributed by atoms with Crippen molar-refractivity contribution in [2.24, 2.45) is 0 Å². The normalized spacial score (nSPS) is 10.3. The maximum Gasteiger partial charge on any atom is 0.337 e. The third kappa shape index (κ3) is 4.83. The Morgan fingerprint density at radius 3 is 2.23 bits per heavy atom. The number of anilines is 1. The van der Waals surface area contributed by atoms with E-state index in [0.29, 0.717) is 11.1 Å². The second-order valence-electron chi connectivity index (χ2n) is 5.85. The van der Waals surface area contributed by atoms with Gasteiger partial charge in [0.2, 0.25) is 0 Å². The van der Waals surface area contributed by atoms with Crippen LogP contribution < -0.4 is 10.6 Å². The van der Waals surface area contributed by atoms with Crippen LogP contribution in [0, 0.1) is 0 Å². The van der Waals surface area contributed by atoms with E-state index in [2.05, 4.69) is 15.4 Å².